The van der Waals surface area contributed by atoms with Gasteiger partial charge in [-0.15, -0.1) is 12.4 Å². The number of nitrogens with one attached hydrogen (secondary N) is 1. The summed E-state index contributed by atoms with van der Waals surface area (Å²) in [5, 5.41) is 2.95. The van der Waals surface area contributed by atoms with Crippen molar-refractivity contribution in [3.8, 4) is 0 Å². The molecule has 1 aromatic carbocycles. The van der Waals surface area contributed by atoms with Crippen molar-refractivity contribution in [1.29, 1.82) is 0 Å². The lowest BCUT2D eigenvalue weighted by Crippen LogP contribution is -2.30. The average molecular weight is 228 g/mol. The number of rotatable bonds is 5. The lowest BCUT2D eigenvalue weighted by molar-refractivity contribution is -0.120. The van der Waals surface area contributed by atoms with Gasteiger partial charge in [0.15, 0.2) is 0 Å². The van der Waals surface area contributed by atoms with E-state index < -0.39 is 0 Å². The number of carbonyl (C=O) groups is 1. The third-order valence-corrected chi connectivity index (χ3v) is 2.42. The third-order valence-electron chi connectivity index (χ3n) is 2.42. The second-order valence-corrected chi connectivity index (χ2v) is 3.46. The Kier molecular flexibility index (Phi) is 7.01. The van der Waals surface area contributed by atoms with E-state index in [2.05, 4.69) is 17.4 Å². The molecule has 0 saturated heterocycles. The van der Waals surface area contributed by atoms with Crippen LogP contribution in [0.3, 0.4) is 0 Å². The van der Waals surface area contributed by atoms with Gasteiger partial charge in [0.2, 0.25) is 0 Å². The van der Waals surface area contributed by atoms with Crippen LogP contribution in [0.4, 0.5) is 0 Å². The molecule has 0 saturated carbocycles. The summed E-state index contributed by atoms with van der Waals surface area (Å²) in [7, 11) is 1.81. The molecule has 0 aliphatic heterocycles. The van der Waals surface area contributed by atoms with Crippen molar-refractivity contribution in [2.45, 2.75) is 25.8 Å². The van der Waals surface area contributed by atoms with E-state index >= 15 is 0 Å². The van der Waals surface area contributed by atoms with E-state index in [4.69, 9.17) is 0 Å². The van der Waals surface area contributed by atoms with Crippen molar-refractivity contribution in [1.82, 2.24) is 5.32 Å². The molecule has 0 unspecified atom stereocenters. The van der Waals surface area contributed by atoms with Crippen molar-refractivity contribution in [3.63, 3.8) is 0 Å². The molecule has 1 N–H and O–H groups in total. The molecule has 3 heteroatoms. The molecule has 1 rings (SSSR count). The van der Waals surface area contributed by atoms with Gasteiger partial charge < -0.3 is 5.32 Å². The monoisotopic (exact) mass is 227 g/mol. The highest BCUT2D eigenvalue weighted by molar-refractivity contribution is 5.85. The van der Waals surface area contributed by atoms with Crippen LogP contribution >= 0.6 is 12.4 Å². The van der Waals surface area contributed by atoms with Gasteiger partial charge in [0.25, 0.3) is 0 Å². The SMILES string of the molecule is CN[C@H](C)C(=O)CCc1ccccc1.Cl. The lowest BCUT2D eigenvalue weighted by Gasteiger charge is -2.08. The summed E-state index contributed by atoms with van der Waals surface area (Å²) in [4.78, 5) is 11.5. The molecule has 1 atom stereocenters. The maximum Gasteiger partial charge on any atom is 0.149 e. The van der Waals surface area contributed by atoms with E-state index in [1.54, 1.807) is 0 Å². The predicted molar refractivity (Wildman–Crippen MR) is 65.5 cm³/mol. The zero-order valence-electron chi connectivity index (χ0n) is 9.19. The van der Waals surface area contributed by atoms with Crippen LogP contribution in [0.2, 0.25) is 0 Å². The maximum absolute atomic E-state index is 11.5. The van der Waals surface area contributed by atoms with E-state index in [1.165, 1.54) is 5.56 Å². The fourth-order valence-corrected chi connectivity index (χ4v) is 1.29. The highest BCUT2D eigenvalue weighted by Crippen LogP contribution is 2.03. The molecule has 0 aromatic heterocycles. The minimum atomic E-state index is -0.0290. The van der Waals surface area contributed by atoms with Gasteiger partial charge in [0, 0.05) is 6.42 Å². The van der Waals surface area contributed by atoms with Crippen LogP contribution in [0.1, 0.15) is 18.9 Å². The van der Waals surface area contributed by atoms with Crippen LogP contribution in [-0.4, -0.2) is 18.9 Å². The largest absolute Gasteiger partial charge is 0.311 e. The summed E-state index contributed by atoms with van der Waals surface area (Å²) < 4.78 is 0. The summed E-state index contributed by atoms with van der Waals surface area (Å²) >= 11 is 0. The summed E-state index contributed by atoms with van der Waals surface area (Å²) in [6.07, 6.45) is 1.46. The summed E-state index contributed by atoms with van der Waals surface area (Å²) in [6.45, 7) is 1.90. The Morgan fingerprint density at radius 1 is 1.33 bits per heavy atom. The summed E-state index contributed by atoms with van der Waals surface area (Å²) in [5.74, 6) is 0.274. The lowest BCUT2D eigenvalue weighted by atomic mass is 10.0. The number of aryl methyl sites for hydroxylation is 1. The van der Waals surface area contributed by atoms with Crippen LogP contribution in [0.15, 0.2) is 30.3 Å². The molecule has 0 radical (unpaired) electrons. The molecule has 0 aliphatic rings. The molecule has 1 aromatic rings. The Morgan fingerprint density at radius 3 is 2.47 bits per heavy atom. The fourth-order valence-electron chi connectivity index (χ4n) is 1.29. The molecule has 0 heterocycles. The number of likely N-dealkylation sites (N-methyl/N-ethyl adjacent to an activating group) is 1. The molecule has 0 spiro atoms. The van der Waals surface area contributed by atoms with Gasteiger partial charge in [0.1, 0.15) is 5.78 Å². The van der Waals surface area contributed by atoms with Crippen molar-refractivity contribution >= 4 is 18.2 Å². The summed E-state index contributed by atoms with van der Waals surface area (Å²) in [5.41, 5.74) is 1.23. The molecule has 0 aliphatic carbocycles. The molecule has 0 amide bonds. The first-order valence-electron chi connectivity index (χ1n) is 4.98. The Labute approximate surface area is 97.5 Å². The molecule has 2 nitrogen and oxygen atoms in total. The zero-order valence-corrected chi connectivity index (χ0v) is 10.0. The average Bonchev–Trinajstić information content (AvgIpc) is 2.26. The molecular weight excluding hydrogens is 210 g/mol. The zero-order chi connectivity index (χ0) is 10.4. The standard InChI is InChI=1S/C12H17NO.ClH/c1-10(13-2)12(14)9-8-11-6-4-3-5-7-11;/h3-7,10,13H,8-9H2,1-2H3;1H/t10-;/m1./s1. The van der Waals surface area contributed by atoms with Gasteiger partial charge in [0.05, 0.1) is 6.04 Å². The van der Waals surface area contributed by atoms with Crippen LogP contribution < -0.4 is 5.32 Å². The van der Waals surface area contributed by atoms with Gasteiger partial charge >= 0.3 is 0 Å². The fraction of sp³-hybridized carbons (Fsp3) is 0.417. The van der Waals surface area contributed by atoms with Gasteiger partial charge in [-0.3, -0.25) is 4.79 Å². The predicted octanol–water partition coefficient (Wildman–Crippen LogP) is 2.22. The second-order valence-electron chi connectivity index (χ2n) is 3.46. The molecular formula is C12H18ClNO. The van der Waals surface area contributed by atoms with Crippen LogP contribution in [-0.2, 0) is 11.2 Å². The first-order valence-corrected chi connectivity index (χ1v) is 4.98. The number of ketones is 1. The van der Waals surface area contributed by atoms with Crippen LogP contribution in [0.5, 0.6) is 0 Å². The Hall–Kier alpha value is -0.860. The topological polar surface area (TPSA) is 29.1 Å². The first-order chi connectivity index (χ1) is 6.74. The third kappa shape index (κ3) is 4.96. The van der Waals surface area contributed by atoms with E-state index in [-0.39, 0.29) is 24.2 Å². The Morgan fingerprint density at radius 2 is 1.93 bits per heavy atom. The van der Waals surface area contributed by atoms with Gasteiger partial charge in [-0.25, -0.2) is 0 Å². The smallest absolute Gasteiger partial charge is 0.149 e. The van der Waals surface area contributed by atoms with E-state index in [0.717, 1.165) is 6.42 Å². The maximum atomic E-state index is 11.5. The minimum absolute atomic E-state index is 0. The number of hydrogen-bond donors (Lipinski definition) is 1. The first kappa shape index (κ1) is 14.1. The number of benzene rings is 1. The quantitative estimate of drug-likeness (QED) is 0.836. The van der Waals surface area contributed by atoms with Crippen molar-refractivity contribution in [2.24, 2.45) is 0 Å². The highest BCUT2D eigenvalue weighted by atomic mass is 35.5. The minimum Gasteiger partial charge on any atom is -0.311 e. The van der Waals surface area contributed by atoms with E-state index in [0.29, 0.717) is 6.42 Å². The molecule has 0 bridgehead atoms. The molecule has 0 fully saturated rings. The number of Topliss-reactive ketones (excluding diaryl/α,β-unsaturated/α-hetero) is 1. The Balaban J connectivity index is 0.00000196. The van der Waals surface area contributed by atoms with Gasteiger partial charge in [-0.05, 0) is 26.0 Å². The van der Waals surface area contributed by atoms with E-state index in [9.17, 15) is 4.79 Å². The molecule has 84 valence electrons. The summed E-state index contributed by atoms with van der Waals surface area (Å²) in [6, 6.07) is 10.1. The van der Waals surface area contributed by atoms with Crippen molar-refractivity contribution < 1.29 is 4.79 Å². The number of hydrogen-bond acceptors (Lipinski definition) is 2. The van der Waals surface area contributed by atoms with Crippen LogP contribution in [0, 0.1) is 0 Å². The number of halogens is 1. The molecule has 15 heavy (non-hydrogen) atoms. The van der Waals surface area contributed by atoms with Gasteiger partial charge in [-0.2, -0.15) is 0 Å². The van der Waals surface area contributed by atoms with E-state index in [1.807, 2.05) is 32.2 Å². The van der Waals surface area contributed by atoms with Gasteiger partial charge in [-0.1, -0.05) is 30.3 Å². The van der Waals surface area contributed by atoms with Crippen LogP contribution in [0.25, 0.3) is 0 Å². The number of carbonyl (C=O) groups excluding carboxylic acids is 1. The normalized spacial score (nSPS) is 11.6. The Bertz CT molecular complexity index is 287. The van der Waals surface area contributed by atoms with Crippen molar-refractivity contribution in [2.75, 3.05) is 7.05 Å². The van der Waals surface area contributed by atoms with Crippen molar-refractivity contribution in [3.05, 3.63) is 35.9 Å². The second kappa shape index (κ2) is 7.43. The highest BCUT2D eigenvalue weighted by Gasteiger charge is 2.09.